The molecule has 0 atom stereocenters. The van der Waals surface area contributed by atoms with E-state index in [0.29, 0.717) is 6.04 Å². The minimum atomic E-state index is 0.217. The first-order chi connectivity index (χ1) is 6.77. The molecule has 14 heavy (non-hydrogen) atoms. The molecule has 0 aromatic heterocycles. The topological polar surface area (TPSA) is 35.6 Å². The number of carbonyl (C=O) groups excluding carboxylic acids is 1. The van der Waals surface area contributed by atoms with Gasteiger partial charge in [0.25, 0.3) is 0 Å². The van der Waals surface area contributed by atoms with Crippen LogP contribution in [0, 0.1) is 0 Å². The summed E-state index contributed by atoms with van der Waals surface area (Å²) in [6.45, 7) is 8.08. The van der Waals surface area contributed by atoms with Crippen molar-refractivity contribution in [3.05, 3.63) is 0 Å². The van der Waals surface area contributed by atoms with Gasteiger partial charge in [0.2, 0.25) is 5.91 Å². The van der Waals surface area contributed by atoms with E-state index in [-0.39, 0.29) is 5.91 Å². The molecule has 2 rings (SSSR count). The highest BCUT2D eigenvalue weighted by atomic mass is 16.2. The molecule has 0 radical (unpaired) electrons. The molecule has 0 aliphatic carbocycles. The van der Waals surface area contributed by atoms with E-state index in [0.717, 1.165) is 32.7 Å². The third-order valence-corrected chi connectivity index (χ3v) is 3.20. The first kappa shape index (κ1) is 9.93. The summed E-state index contributed by atoms with van der Waals surface area (Å²) in [6, 6.07) is 0.624. The molecule has 0 spiro atoms. The van der Waals surface area contributed by atoms with E-state index in [1.165, 1.54) is 13.0 Å². The Labute approximate surface area is 85.2 Å². The number of hydrogen-bond donors (Lipinski definition) is 1. The summed E-state index contributed by atoms with van der Waals surface area (Å²) in [5.74, 6) is 0.217. The molecule has 80 valence electrons. The minimum absolute atomic E-state index is 0.217. The summed E-state index contributed by atoms with van der Waals surface area (Å²) >= 11 is 0. The van der Waals surface area contributed by atoms with Crippen LogP contribution >= 0.6 is 0 Å². The predicted octanol–water partition coefficient (Wildman–Crippen LogP) is -0.488. The van der Waals surface area contributed by atoms with Crippen LogP contribution in [-0.4, -0.2) is 61.0 Å². The Bertz CT molecular complexity index is 205. The summed E-state index contributed by atoms with van der Waals surface area (Å²) in [4.78, 5) is 15.5. The van der Waals surface area contributed by atoms with Gasteiger partial charge < -0.3 is 10.2 Å². The molecule has 2 fully saturated rings. The van der Waals surface area contributed by atoms with Gasteiger partial charge in [-0.3, -0.25) is 9.69 Å². The molecule has 0 saturated carbocycles. The molecule has 0 aromatic rings. The molecule has 0 bridgehead atoms. The van der Waals surface area contributed by atoms with E-state index in [4.69, 9.17) is 0 Å². The highest BCUT2D eigenvalue weighted by Gasteiger charge is 2.32. The maximum Gasteiger partial charge on any atom is 0.219 e. The molecule has 4 nitrogen and oxygen atoms in total. The number of amides is 1. The van der Waals surface area contributed by atoms with E-state index < -0.39 is 0 Å². The first-order valence-electron chi connectivity index (χ1n) is 5.47. The van der Waals surface area contributed by atoms with E-state index in [1.807, 2.05) is 4.90 Å². The van der Waals surface area contributed by atoms with Crippen LogP contribution < -0.4 is 5.32 Å². The van der Waals surface area contributed by atoms with Gasteiger partial charge in [-0.05, 0) is 19.5 Å². The molecule has 0 unspecified atom stereocenters. The van der Waals surface area contributed by atoms with Gasteiger partial charge in [-0.25, -0.2) is 0 Å². The van der Waals surface area contributed by atoms with Crippen LogP contribution in [0.3, 0.4) is 0 Å². The molecular formula is C10H19N3O. The quantitative estimate of drug-likeness (QED) is 0.616. The van der Waals surface area contributed by atoms with Crippen molar-refractivity contribution in [1.82, 2.24) is 15.1 Å². The van der Waals surface area contributed by atoms with Crippen molar-refractivity contribution in [2.45, 2.75) is 19.4 Å². The second kappa shape index (κ2) is 4.28. The summed E-state index contributed by atoms with van der Waals surface area (Å²) in [6.07, 6.45) is 1.23. The fraction of sp³-hybridized carbons (Fsp3) is 0.900. The maximum atomic E-state index is 11.0. The Balaban J connectivity index is 1.77. The molecule has 2 saturated heterocycles. The largest absolute Gasteiger partial charge is 0.340 e. The van der Waals surface area contributed by atoms with Crippen molar-refractivity contribution >= 4 is 5.91 Å². The lowest BCUT2D eigenvalue weighted by molar-refractivity contribution is -0.136. The van der Waals surface area contributed by atoms with E-state index in [1.54, 1.807) is 6.92 Å². The normalized spacial score (nSPS) is 25.6. The van der Waals surface area contributed by atoms with Gasteiger partial charge in [0.15, 0.2) is 0 Å². The molecular weight excluding hydrogens is 178 g/mol. The predicted molar refractivity (Wildman–Crippen MR) is 55.1 cm³/mol. The Morgan fingerprint density at radius 1 is 1.29 bits per heavy atom. The lowest BCUT2D eigenvalue weighted by atomic mass is 10.1. The highest BCUT2D eigenvalue weighted by molar-refractivity contribution is 5.74. The number of rotatable bonds is 1. The maximum absolute atomic E-state index is 11.0. The van der Waals surface area contributed by atoms with Gasteiger partial charge >= 0.3 is 0 Å². The lowest BCUT2D eigenvalue weighted by Crippen LogP contribution is -2.61. The zero-order valence-electron chi connectivity index (χ0n) is 8.83. The van der Waals surface area contributed by atoms with Crippen LogP contribution in [0.25, 0.3) is 0 Å². The number of nitrogens with one attached hydrogen (secondary N) is 1. The molecule has 2 aliphatic heterocycles. The summed E-state index contributed by atoms with van der Waals surface area (Å²) < 4.78 is 0. The zero-order valence-corrected chi connectivity index (χ0v) is 8.83. The fourth-order valence-corrected chi connectivity index (χ4v) is 2.18. The van der Waals surface area contributed by atoms with Gasteiger partial charge in [-0.1, -0.05) is 0 Å². The average molecular weight is 197 g/mol. The minimum Gasteiger partial charge on any atom is -0.340 e. The second-order valence-electron chi connectivity index (χ2n) is 4.22. The number of likely N-dealkylation sites (tertiary alicyclic amines) is 1. The van der Waals surface area contributed by atoms with Crippen LogP contribution in [0.5, 0.6) is 0 Å². The first-order valence-corrected chi connectivity index (χ1v) is 5.47. The van der Waals surface area contributed by atoms with E-state index in [2.05, 4.69) is 10.2 Å². The van der Waals surface area contributed by atoms with Crippen molar-refractivity contribution in [1.29, 1.82) is 0 Å². The molecule has 1 amide bonds. The number of hydrogen-bond acceptors (Lipinski definition) is 3. The van der Waals surface area contributed by atoms with Crippen LogP contribution in [0.1, 0.15) is 13.3 Å². The van der Waals surface area contributed by atoms with Gasteiger partial charge in [0, 0.05) is 39.1 Å². The van der Waals surface area contributed by atoms with Crippen molar-refractivity contribution in [2.75, 3.05) is 39.3 Å². The summed E-state index contributed by atoms with van der Waals surface area (Å²) in [7, 11) is 0. The fourth-order valence-electron chi connectivity index (χ4n) is 2.18. The SMILES string of the molecule is CC(=O)N1CC(N2CCCNCC2)C1. The second-order valence-corrected chi connectivity index (χ2v) is 4.22. The van der Waals surface area contributed by atoms with Crippen LogP contribution in [0.4, 0.5) is 0 Å². The van der Waals surface area contributed by atoms with Gasteiger partial charge in [-0.2, -0.15) is 0 Å². The van der Waals surface area contributed by atoms with Gasteiger partial charge in [0.05, 0.1) is 0 Å². The number of carbonyl (C=O) groups is 1. The lowest BCUT2D eigenvalue weighted by Gasteiger charge is -2.44. The Morgan fingerprint density at radius 3 is 2.79 bits per heavy atom. The monoisotopic (exact) mass is 197 g/mol. The number of nitrogens with zero attached hydrogens (tertiary/aromatic N) is 2. The standard InChI is InChI=1S/C10H19N3O/c1-9(14)13-7-10(8-13)12-5-2-3-11-4-6-12/h10-11H,2-8H2,1H3. The van der Waals surface area contributed by atoms with Gasteiger partial charge in [0.1, 0.15) is 0 Å². The highest BCUT2D eigenvalue weighted by Crippen LogP contribution is 2.15. The Morgan fingerprint density at radius 2 is 2.07 bits per heavy atom. The van der Waals surface area contributed by atoms with Crippen LogP contribution in [0.15, 0.2) is 0 Å². The average Bonchev–Trinajstić information content (AvgIpc) is 2.29. The third kappa shape index (κ3) is 2.07. The van der Waals surface area contributed by atoms with E-state index in [9.17, 15) is 4.79 Å². The van der Waals surface area contributed by atoms with Gasteiger partial charge in [-0.15, -0.1) is 0 Å². The zero-order chi connectivity index (χ0) is 9.97. The molecule has 4 heteroatoms. The molecule has 2 aliphatic rings. The third-order valence-electron chi connectivity index (χ3n) is 3.20. The van der Waals surface area contributed by atoms with Crippen molar-refractivity contribution in [2.24, 2.45) is 0 Å². The van der Waals surface area contributed by atoms with Crippen molar-refractivity contribution < 1.29 is 4.79 Å². The Hall–Kier alpha value is -0.610. The van der Waals surface area contributed by atoms with Crippen molar-refractivity contribution in [3.8, 4) is 0 Å². The van der Waals surface area contributed by atoms with Crippen LogP contribution in [0.2, 0.25) is 0 Å². The molecule has 1 N–H and O–H groups in total. The summed E-state index contributed by atoms with van der Waals surface area (Å²) in [5, 5.41) is 3.39. The summed E-state index contributed by atoms with van der Waals surface area (Å²) in [5.41, 5.74) is 0. The molecule has 2 heterocycles. The van der Waals surface area contributed by atoms with Crippen LogP contribution in [-0.2, 0) is 4.79 Å². The Kier molecular flexibility index (Phi) is 3.03. The molecule has 0 aromatic carbocycles. The van der Waals surface area contributed by atoms with Crippen molar-refractivity contribution in [3.63, 3.8) is 0 Å². The smallest absolute Gasteiger partial charge is 0.219 e. The van der Waals surface area contributed by atoms with E-state index >= 15 is 0 Å².